The molecule has 0 aliphatic carbocycles. The predicted octanol–water partition coefficient (Wildman–Crippen LogP) is 4.41. The van der Waals surface area contributed by atoms with Crippen LogP contribution in [-0.2, 0) is 0 Å². The predicted molar refractivity (Wildman–Crippen MR) is 114 cm³/mol. The van der Waals surface area contributed by atoms with Gasteiger partial charge < -0.3 is 15.6 Å². The number of aliphatic hydroxyl groups excluding tert-OH is 1. The molecule has 32 heavy (non-hydrogen) atoms. The number of hydrogen-bond donors (Lipinski definition) is 2. The van der Waals surface area contributed by atoms with Crippen LogP contribution in [0.2, 0.25) is 0 Å². The highest BCUT2D eigenvalue weighted by atomic mass is 19.1. The third-order valence-electron chi connectivity index (χ3n) is 5.15. The van der Waals surface area contributed by atoms with Crippen molar-refractivity contribution in [2.75, 3.05) is 12.3 Å². The zero-order chi connectivity index (χ0) is 22.8. The van der Waals surface area contributed by atoms with Crippen molar-refractivity contribution >= 4 is 11.6 Å². The highest BCUT2D eigenvalue weighted by Gasteiger charge is 2.21. The Morgan fingerprint density at radius 3 is 2.62 bits per heavy atom. The minimum absolute atomic E-state index is 0.00632. The van der Waals surface area contributed by atoms with Crippen LogP contribution in [0.25, 0.3) is 16.8 Å². The average molecular weight is 442 g/mol. The van der Waals surface area contributed by atoms with Gasteiger partial charge in [-0.2, -0.15) is 4.98 Å². The van der Waals surface area contributed by atoms with Crippen LogP contribution in [0.1, 0.15) is 23.7 Å². The van der Waals surface area contributed by atoms with Crippen molar-refractivity contribution in [3.8, 4) is 16.9 Å². The van der Waals surface area contributed by atoms with E-state index in [-0.39, 0.29) is 35.9 Å². The standard InChI is InChI=1S/C23H21F3N4O2/c1-13-2-7-17(15-8-10-30-19(12-15)28-23(27)29-30)20(26)22(13)32-11-9-18(25)21(31)14-3-5-16(24)6-4-14/h2-8,10,12,18,21,31H,9,11H2,1H3,(H2,27,29). The van der Waals surface area contributed by atoms with Crippen molar-refractivity contribution in [2.24, 2.45) is 0 Å². The van der Waals surface area contributed by atoms with Crippen LogP contribution in [-0.4, -0.2) is 32.5 Å². The number of fused-ring (bicyclic) bond motifs is 1. The van der Waals surface area contributed by atoms with Gasteiger partial charge in [-0.3, -0.25) is 0 Å². The molecule has 0 amide bonds. The summed E-state index contributed by atoms with van der Waals surface area (Å²) in [7, 11) is 0. The summed E-state index contributed by atoms with van der Waals surface area (Å²) in [5, 5.41) is 14.1. The van der Waals surface area contributed by atoms with Gasteiger partial charge in [-0.1, -0.05) is 24.3 Å². The fraction of sp³-hybridized carbons (Fsp3) is 0.217. The van der Waals surface area contributed by atoms with Crippen molar-refractivity contribution < 1.29 is 23.0 Å². The number of nitrogens with zero attached hydrogens (tertiary/aromatic N) is 3. The third-order valence-corrected chi connectivity index (χ3v) is 5.15. The van der Waals surface area contributed by atoms with Crippen LogP contribution >= 0.6 is 0 Å². The van der Waals surface area contributed by atoms with Gasteiger partial charge in [-0.25, -0.2) is 17.7 Å². The summed E-state index contributed by atoms with van der Waals surface area (Å²) in [6, 6.07) is 11.6. The highest BCUT2D eigenvalue weighted by Crippen LogP contribution is 2.33. The molecule has 0 fully saturated rings. The summed E-state index contributed by atoms with van der Waals surface area (Å²) in [4.78, 5) is 4.07. The van der Waals surface area contributed by atoms with Crippen LogP contribution < -0.4 is 10.5 Å². The molecule has 0 saturated heterocycles. The number of ether oxygens (including phenoxy) is 1. The van der Waals surface area contributed by atoms with Gasteiger partial charge in [-0.15, -0.1) is 5.10 Å². The van der Waals surface area contributed by atoms with Gasteiger partial charge in [0.05, 0.1) is 6.61 Å². The van der Waals surface area contributed by atoms with E-state index in [2.05, 4.69) is 10.1 Å². The summed E-state index contributed by atoms with van der Waals surface area (Å²) in [6.45, 7) is 1.53. The monoisotopic (exact) mass is 442 g/mol. The molecule has 2 aromatic carbocycles. The van der Waals surface area contributed by atoms with E-state index < -0.39 is 23.9 Å². The summed E-state index contributed by atoms with van der Waals surface area (Å²) in [5.41, 5.74) is 7.72. The number of alkyl halides is 1. The molecular weight excluding hydrogens is 421 g/mol. The first-order valence-electron chi connectivity index (χ1n) is 9.95. The largest absolute Gasteiger partial charge is 0.490 e. The summed E-state index contributed by atoms with van der Waals surface area (Å²) in [5.74, 6) is -0.945. The lowest BCUT2D eigenvalue weighted by Gasteiger charge is -2.18. The molecule has 2 unspecified atom stereocenters. The molecule has 0 aliphatic heterocycles. The molecular formula is C23H21F3N4O2. The molecule has 0 radical (unpaired) electrons. The second-order valence-corrected chi connectivity index (χ2v) is 7.41. The lowest BCUT2D eigenvalue weighted by molar-refractivity contribution is 0.0627. The number of pyridine rings is 1. The first kappa shape index (κ1) is 21.6. The Morgan fingerprint density at radius 2 is 1.88 bits per heavy atom. The van der Waals surface area contributed by atoms with E-state index in [0.717, 1.165) is 12.1 Å². The summed E-state index contributed by atoms with van der Waals surface area (Å²) in [6.07, 6.45) is -1.64. The van der Waals surface area contributed by atoms with Crippen LogP contribution in [0.4, 0.5) is 19.1 Å². The van der Waals surface area contributed by atoms with E-state index in [0.29, 0.717) is 16.8 Å². The second-order valence-electron chi connectivity index (χ2n) is 7.41. The van der Waals surface area contributed by atoms with Gasteiger partial charge >= 0.3 is 0 Å². The number of aliphatic hydroxyl groups is 1. The number of rotatable bonds is 7. The zero-order valence-corrected chi connectivity index (χ0v) is 17.2. The van der Waals surface area contributed by atoms with Crippen molar-refractivity contribution in [3.63, 3.8) is 0 Å². The normalized spacial score (nSPS) is 13.3. The third kappa shape index (κ3) is 4.38. The second kappa shape index (κ2) is 8.88. The van der Waals surface area contributed by atoms with E-state index in [9.17, 15) is 13.9 Å². The fourth-order valence-electron chi connectivity index (χ4n) is 3.42. The molecule has 3 N–H and O–H groups in total. The van der Waals surface area contributed by atoms with Crippen LogP contribution in [0.5, 0.6) is 5.75 Å². The van der Waals surface area contributed by atoms with Crippen LogP contribution in [0, 0.1) is 18.6 Å². The Labute approximate surface area is 182 Å². The number of hydrogen-bond acceptors (Lipinski definition) is 5. The minimum Gasteiger partial charge on any atom is -0.490 e. The maximum absolute atomic E-state index is 15.2. The average Bonchev–Trinajstić information content (AvgIpc) is 3.15. The number of halogens is 3. The molecule has 0 aliphatic rings. The van der Waals surface area contributed by atoms with Crippen LogP contribution in [0.15, 0.2) is 54.7 Å². The molecule has 4 aromatic rings. The lowest BCUT2D eigenvalue weighted by Crippen LogP contribution is -2.17. The fourth-order valence-corrected chi connectivity index (χ4v) is 3.42. The van der Waals surface area contributed by atoms with Crippen molar-refractivity contribution in [3.05, 3.63) is 77.5 Å². The Kier molecular flexibility index (Phi) is 6.00. The Morgan fingerprint density at radius 1 is 1.12 bits per heavy atom. The molecule has 0 bridgehead atoms. The molecule has 2 heterocycles. The first-order valence-corrected chi connectivity index (χ1v) is 9.95. The quantitative estimate of drug-likeness (QED) is 0.443. The van der Waals surface area contributed by atoms with E-state index in [1.807, 2.05) is 0 Å². The topological polar surface area (TPSA) is 85.7 Å². The molecule has 166 valence electrons. The van der Waals surface area contributed by atoms with Gasteiger partial charge in [-0.05, 0) is 47.9 Å². The number of nitrogens with two attached hydrogens (primary N) is 1. The minimum atomic E-state index is -1.66. The maximum atomic E-state index is 15.2. The van der Waals surface area contributed by atoms with E-state index in [4.69, 9.17) is 10.5 Å². The molecule has 2 aromatic heterocycles. The number of nitrogen functional groups attached to an aromatic ring is 1. The van der Waals surface area contributed by atoms with Gasteiger partial charge in [0, 0.05) is 18.2 Å². The van der Waals surface area contributed by atoms with Gasteiger partial charge in [0.15, 0.2) is 17.2 Å². The van der Waals surface area contributed by atoms with Crippen molar-refractivity contribution in [2.45, 2.75) is 25.6 Å². The van der Waals surface area contributed by atoms with Crippen LogP contribution in [0.3, 0.4) is 0 Å². The molecule has 0 spiro atoms. The Balaban J connectivity index is 1.48. The maximum Gasteiger partial charge on any atom is 0.240 e. The SMILES string of the molecule is Cc1ccc(-c2ccn3nc(N)nc3c2)c(F)c1OCCC(F)C(O)c1ccc(F)cc1. The van der Waals surface area contributed by atoms with Gasteiger partial charge in [0.1, 0.15) is 18.1 Å². The smallest absolute Gasteiger partial charge is 0.240 e. The molecule has 6 nitrogen and oxygen atoms in total. The summed E-state index contributed by atoms with van der Waals surface area (Å²) >= 11 is 0. The number of aromatic nitrogens is 3. The summed E-state index contributed by atoms with van der Waals surface area (Å²) < 4.78 is 49.7. The molecule has 4 rings (SSSR count). The number of aryl methyl sites for hydroxylation is 1. The lowest BCUT2D eigenvalue weighted by atomic mass is 10.0. The van der Waals surface area contributed by atoms with E-state index in [1.54, 1.807) is 37.4 Å². The van der Waals surface area contributed by atoms with E-state index >= 15 is 4.39 Å². The first-order chi connectivity index (χ1) is 15.3. The molecule has 0 saturated carbocycles. The molecule has 9 heteroatoms. The van der Waals surface area contributed by atoms with E-state index in [1.165, 1.54) is 16.6 Å². The Bertz CT molecular complexity index is 1240. The highest BCUT2D eigenvalue weighted by molar-refractivity contribution is 5.70. The van der Waals surface area contributed by atoms with Crippen molar-refractivity contribution in [1.29, 1.82) is 0 Å². The number of anilines is 1. The number of benzene rings is 2. The zero-order valence-electron chi connectivity index (χ0n) is 17.2. The molecule has 2 atom stereocenters. The van der Waals surface area contributed by atoms with Crippen molar-refractivity contribution in [1.82, 2.24) is 14.6 Å². The van der Waals surface area contributed by atoms with Gasteiger partial charge in [0.2, 0.25) is 5.95 Å². The van der Waals surface area contributed by atoms with Gasteiger partial charge in [0.25, 0.3) is 0 Å². The Hall–Kier alpha value is -3.59.